The van der Waals surface area contributed by atoms with Crippen molar-refractivity contribution in [3.05, 3.63) is 70.6 Å². The van der Waals surface area contributed by atoms with Gasteiger partial charge in [-0.15, -0.1) is 11.3 Å². The summed E-state index contributed by atoms with van der Waals surface area (Å²) in [6, 6.07) is 12.3. The lowest BCUT2D eigenvalue weighted by Gasteiger charge is -2.34. The summed E-state index contributed by atoms with van der Waals surface area (Å²) in [5.41, 5.74) is 0.761. The molecule has 3 aromatic rings. The highest BCUT2D eigenvalue weighted by Gasteiger charge is 2.26. The second-order valence-electron chi connectivity index (χ2n) is 6.74. The van der Waals surface area contributed by atoms with Crippen molar-refractivity contribution in [2.24, 2.45) is 0 Å². The van der Waals surface area contributed by atoms with Crippen LogP contribution in [0.3, 0.4) is 0 Å². The van der Waals surface area contributed by atoms with E-state index in [4.69, 9.17) is 0 Å². The Morgan fingerprint density at radius 1 is 0.929 bits per heavy atom. The molecular formula is C21H18F2N2O2S. The predicted molar refractivity (Wildman–Crippen MR) is 104 cm³/mol. The molecule has 28 heavy (non-hydrogen) atoms. The summed E-state index contributed by atoms with van der Waals surface area (Å²) >= 11 is 1.28. The van der Waals surface area contributed by atoms with Crippen LogP contribution in [0, 0.1) is 11.6 Å². The van der Waals surface area contributed by atoms with E-state index >= 15 is 0 Å². The molecule has 2 heterocycles. The topological polar surface area (TPSA) is 40.6 Å². The van der Waals surface area contributed by atoms with Crippen LogP contribution in [0.2, 0.25) is 0 Å². The third kappa shape index (κ3) is 3.75. The van der Waals surface area contributed by atoms with Gasteiger partial charge in [0.15, 0.2) is 0 Å². The van der Waals surface area contributed by atoms with Crippen molar-refractivity contribution in [3.8, 4) is 0 Å². The number of piperazine rings is 1. The zero-order valence-electron chi connectivity index (χ0n) is 15.0. The number of fused-ring (bicyclic) bond motifs is 1. The molecular weight excluding hydrogens is 382 g/mol. The summed E-state index contributed by atoms with van der Waals surface area (Å²) < 4.78 is 27.6. The highest BCUT2D eigenvalue weighted by molar-refractivity contribution is 7.20. The average Bonchev–Trinajstić information content (AvgIpc) is 3.15. The molecule has 144 valence electrons. The van der Waals surface area contributed by atoms with E-state index in [9.17, 15) is 18.4 Å². The van der Waals surface area contributed by atoms with E-state index in [1.807, 2.05) is 0 Å². The van der Waals surface area contributed by atoms with Gasteiger partial charge in [0.25, 0.3) is 5.91 Å². The first-order chi connectivity index (χ1) is 13.5. The second-order valence-corrected chi connectivity index (χ2v) is 7.82. The SMILES string of the molecule is O=C(Cc1ccc(F)cc1)N1CCN(C(=O)c2cc3c(F)cccc3s2)CC1. The normalized spacial score (nSPS) is 14.5. The third-order valence-electron chi connectivity index (χ3n) is 4.91. The molecule has 0 bridgehead atoms. The summed E-state index contributed by atoms with van der Waals surface area (Å²) in [5.74, 6) is -0.831. The van der Waals surface area contributed by atoms with Crippen molar-refractivity contribution in [1.29, 1.82) is 0 Å². The summed E-state index contributed by atoms with van der Waals surface area (Å²) in [7, 11) is 0. The number of nitrogens with zero attached hydrogens (tertiary/aromatic N) is 2. The Kier molecular flexibility index (Phi) is 5.09. The molecule has 7 heteroatoms. The number of carbonyl (C=O) groups excluding carboxylic acids is 2. The largest absolute Gasteiger partial charge is 0.339 e. The number of thiophene rings is 1. The molecule has 1 aromatic heterocycles. The Morgan fingerprint density at radius 3 is 2.29 bits per heavy atom. The van der Waals surface area contributed by atoms with Gasteiger partial charge >= 0.3 is 0 Å². The molecule has 1 aliphatic rings. The molecule has 4 rings (SSSR count). The Labute approximate surface area is 165 Å². The van der Waals surface area contributed by atoms with Crippen molar-refractivity contribution < 1.29 is 18.4 Å². The molecule has 1 aliphatic heterocycles. The van der Waals surface area contributed by atoms with Crippen molar-refractivity contribution in [2.45, 2.75) is 6.42 Å². The average molecular weight is 400 g/mol. The number of benzene rings is 2. The van der Waals surface area contributed by atoms with E-state index in [-0.39, 0.29) is 29.9 Å². The number of hydrogen-bond acceptors (Lipinski definition) is 3. The molecule has 0 N–H and O–H groups in total. The molecule has 0 saturated carbocycles. The Hall–Kier alpha value is -2.80. The van der Waals surface area contributed by atoms with Gasteiger partial charge in [-0.1, -0.05) is 18.2 Å². The standard InChI is InChI=1S/C21H18F2N2O2S/c22-15-6-4-14(5-7-15)12-20(26)24-8-10-25(11-9-24)21(27)19-13-16-17(23)2-1-3-18(16)28-19/h1-7,13H,8-12H2. The first-order valence-electron chi connectivity index (χ1n) is 9.01. The highest BCUT2D eigenvalue weighted by Crippen LogP contribution is 2.28. The molecule has 1 saturated heterocycles. The lowest BCUT2D eigenvalue weighted by Crippen LogP contribution is -2.50. The maximum atomic E-state index is 13.9. The fraction of sp³-hybridized carbons (Fsp3) is 0.238. The van der Waals surface area contributed by atoms with Gasteiger partial charge in [-0.05, 0) is 35.9 Å². The fourth-order valence-corrected chi connectivity index (χ4v) is 4.38. The van der Waals surface area contributed by atoms with E-state index in [0.29, 0.717) is 36.4 Å². The van der Waals surface area contributed by atoms with Crippen LogP contribution in [0.4, 0.5) is 8.78 Å². The van der Waals surface area contributed by atoms with Gasteiger partial charge in [-0.2, -0.15) is 0 Å². The van der Waals surface area contributed by atoms with Gasteiger partial charge in [-0.3, -0.25) is 9.59 Å². The minimum absolute atomic E-state index is 0.0392. The summed E-state index contributed by atoms with van der Waals surface area (Å²) in [6.45, 7) is 1.77. The molecule has 2 aromatic carbocycles. The molecule has 0 spiro atoms. The zero-order chi connectivity index (χ0) is 19.7. The maximum absolute atomic E-state index is 13.9. The Bertz CT molecular complexity index is 1020. The highest BCUT2D eigenvalue weighted by atomic mass is 32.1. The van der Waals surface area contributed by atoms with Crippen molar-refractivity contribution in [1.82, 2.24) is 9.80 Å². The van der Waals surface area contributed by atoms with Crippen LogP contribution in [0.5, 0.6) is 0 Å². The molecule has 0 radical (unpaired) electrons. The van der Waals surface area contributed by atoms with Crippen molar-refractivity contribution in [2.75, 3.05) is 26.2 Å². The lowest BCUT2D eigenvalue weighted by molar-refractivity contribution is -0.131. The van der Waals surface area contributed by atoms with Gasteiger partial charge in [-0.25, -0.2) is 8.78 Å². The number of hydrogen-bond donors (Lipinski definition) is 0. The molecule has 2 amide bonds. The van der Waals surface area contributed by atoms with Crippen LogP contribution in [0.15, 0.2) is 48.5 Å². The van der Waals surface area contributed by atoms with Gasteiger partial charge in [0.2, 0.25) is 5.91 Å². The predicted octanol–water partition coefficient (Wildman–Crippen LogP) is 3.71. The quantitative estimate of drug-likeness (QED) is 0.673. The number of halogens is 2. The van der Waals surface area contributed by atoms with E-state index in [1.165, 1.54) is 29.5 Å². The first kappa shape index (κ1) is 18.6. The van der Waals surface area contributed by atoms with Crippen LogP contribution in [-0.4, -0.2) is 47.8 Å². The third-order valence-corrected chi connectivity index (χ3v) is 6.00. The Balaban J connectivity index is 1.37. The van der Waals surface area contributed by atoms with E-state index in [1.54, 1.807) is 40.1 Å². The summed E-state index contributed by atoms with van der Waals surface area (Å²) in [6.07, 6.45) is 0.212. The van der Waals surface area contributed by atoms with Gasteiger partial charge < -0.3 is 9.80 Å². The van der Waals surface area contributed by atoms with Gasteiger partial charge in [0.05, 0.1) is 11.3 Å². The van der Waals surface area contributed by atoms with Gasteiger partial charge in [0, 0.05) is 36.3 Å². The molecule has 1 fully saturated rings. The van der Waals surface area contributed by atoms with Crippen LogP contribution in [-0.2, 0) is 11.2 Å². The van der Waals surface area contributed by atoms with Crippen LogP contribution < -0.4 is 0 Å². The molecule has 0 atom stereocenters. The van der Waals surface area contributed by atoms with Crippen molar-refractivity contribution >= 4 is 33.2 Å². The smallest absolute Gasteiger partial charge is 0.264 e. The molecule has 4 nitrogen and oxygen atoms in total. The molecule has 0 unspecified atom stereocenters. The fourth-order valence-electron chi connectivity index (χ4n) is 3.33. The van der Waals surface area contributed by atoms with Gasteiger partial charge in [0.1, 0.15) is 11.6 Å². The second kappa shape index (κ2) is 7.67. The molecule has 0 aliphatic carbocycles. The van der Waals surface area contributed by atoms with Crippen LogP contribution >= 0.6 is 11.3 Å². The number of carbonyl (C=O) groups is 2. The minimum atomic E-state index is -0.330. The summed E-state index contributed by atoms with van der Waals surface area (Å²) in [4.78, 5) is 29.1. The number of amides is 2. The van der Waals surface area contributed by atoms with E-state index < -0.39 is 0 Å². The monoisotopic (exact) mass is 400 g/mol. The van der Waals surface area contributed by atoms with E-state index in [0.717, 1.165) is 10.3 Å². The minimum Gasteiger partial charge on any atom is -0.339 e. The zero-order valence-corrected chi connectivity index (χ0v) is 15.8. The number of rotatable bonds is 3. The van der Waals surface area contributed by atoms with Crippen LogP contribution in [0.1, 0.15) is 15.2 Å². The van der Waals surface area contributed by atoms with Crippen LogP contribution in [0.25, 0.3) is 10.1 Å². The first-order valence-corrected chi connectivity index (χ1v) is 9.82. The lowest BCUT2D eigenvalue weighted by atomic mass is 10.1. The Morgan fingerprint density at radius 2 is 1.61 bits per heavy atom. The maximum Gasteiger partial charge on any atom is 0.264 e. The summed E-state index contributed by atoms with van der Waals surface area (Å²) in [5, 5.41) is 0.462. The van der Waals surface area contributed by atoms with Crippen molar-refractivity contribution in [3.63, 3.8) is 0 Å². The van der Waals surface area contributed by atoms with E-state index in [2.05, 4.69) is 0 Å².